The van der Waals surface area contributed by atoms with Gasteiger partial charge in [0.25, 0.3) is 10.0 Å². The van der Waals surface area contributed by atoms with Crippen molar-refractivity contribution in [2.45, 2.75) is 50.5 Å². The van der Waals surface area contributed by atoms with Gasteiger partial charge in [-0.2, -0.15) is 0 Å². The first-order chi connectivity index (χ1) is 17.5. The summed E-state index contributed by atoms with van der Waals surface area (Å²) in [6.07, 6.45) is 0.468. The molecule has 0 saturated carbocycles. The Balaban J connectivity index is 1.94. The number of esters is 1. The third-order valence-corrected chi connectivity index (χ3v) is 7.86. The number of likely N-dealkylation sites (N-methyl/N-ethyl adjacent to an activating group) is 1. The molecule has 1 heterocycles. The van der Waals surface area contributed by atoms with Crippen molar-refractivity contribution in [1.82, 2.24) is 10.2 Å². The van der Waals surface area contributed by atoms with E-state index in [4.69, 9.17) is 9.47 Å². The first-order valence-electron chi connectivity index (χ1n) is 12.1. The maximum Gasteiger partial charge on any atom is 0.343 e. The van der Waals surface area contributed by atoms with Crippen LogP contribution < -0.4 is 14.8 Å². The lowest BCUT2D eigenvalue weighted by Crippen LogP contribution is -2.38. The van der Waals surface area contributed by atoms with Crippen LogP contribution in [0.4, 0.5) is 10.1 Å². The summed E-state index contributed by atoms with van der Waals surface area (Å²) < 4.78 is 53.8. The first-order valence-corrected chi connectivity index (χ1v) is 13.6. The lowest BCUT2D eigenvalue weighted by Gasteiger charge is -2.20. The van der Waals surface area contributed by atoms with Crippen LogP contribution in [0.3, 0.4) is 0 Å². The van der Waals surface area contributed by atoms with E-state index in [2.05, 4.69) is 14.9 Å². The molecule has 2 aromatic rings. The normalized spacial score (nSPS) is 16.0. The molecule has 0 aromatic heterocycles. The lowest BCUT2D eigenvalue weighted by molar-refractivity contribution is -0.121. The molecule has 1 aliphatic rings. The molecule has 9 nitrogen and oxygen atoms in total. The molecule has 0 aliphatic carbocycles. The van der Waals surface area contributed by atoms with Crippen LogP contribution in [0.15, 0.2) is 35.2 Å². The molecular formula is C26H34FN3O6S. The predicted molar refractivity (Wildman–Crippen MR) is 138 cm³/mol. The van der Waals surface area contributed by atoms with Gasteiger partial charge in [-0.25, -0.2) is 17.6 Å². The standard InChI is InChI=1S/C26H34FN3O6S/c1-6-30-12-11-19(15-30)28-23(31)14-17-13-18(27)7-10-22(17)37(33,34)29-21-9-8-20(16(2)3)25(35-4)24(21)26(32)36-5/h7-10,13,16,19,29H,6,11-12,14-15H2,1-5H3,(H,28,31)/t19-/m0/s1. The van der Waals surface area contributed by atoms with E-state index >= 15 is 0 Å². The molecule has 202 valence electrons. The SMILES string of the molecule is CCN1CC[C@H](NC(=O)Cc2cc(F)ccc2S(=O)(=O)Nc2ccc(C(C)C)c(OC)c2C(=O)OC)C1. The van der Waals surface area contributed by atoms with Gasteiger partial charge >= 0.3 is 5.97 Å². The average molecular weight is 536 g/mol. The van der Waals surface area contributed by atoms with Crippen molar-refractivity contribution in [2.24, 2.45) is 0 Å². The van der Waals surface area contributed by atoms with E-state index in [0.717, 1.165) is 37.7 Å². The number of benzene rings is 2. The molecule has 0 spiro atoms. The van der Waals surface area contributed by atoms with Crippen LogP contribution >= 0.6 is 0 Å². The maximum atomic E-state index is 14.1. The molecule has 0 unspecified atom stereocenters. The summed E-state index contributed by atoms with van der Waals surface area (Å²) in [6, 6.07) is 6.21. The highest BCUT2D eigenvalue weighted by Crippen LogP contribution is 2.36. The number of sulfonamides is 1. The molecule has 1 atom stereocenters. The molecule has 3 rings (SSSR count). The van der Waals surface area contributed by atoms with Gasteiger partial charge in [0.05, 0.1) is 31.2 Å². The van der Waals surface area contributed by atoms with Crippen LogP contribution in [0, 0.1) is 5.82 Å². The Bertz CT molecular complexity index is 1270. The van der Waals surface area contributed by atoms with Crippen molar-refractivity contribution in [1.29, 1.82) is 0 Å². The van der Waals surface area contributed by atoms with Crippen LogP contribution in [0.1, 0.15) is 54.6 Å². The van der Waals surface area contributed by atoms with Crippen molar-refractivity contribution in [3.63, 3.8) is 0 Å². The number of halogens is 1. The van der Waals surface area contributed by atoms with Crippen molar-refractivity contribution in [2.75, 3.05) is 38.6 Å². The Hall–Kier alpha value is -3.18. The van der Waals surface area contributed by atoms with Gasteiger partial charge in [0.15, 0.2) is 0 Å². The van der Waals surface area contributed by atoms with E-state index in [0.29, 0.717) is 12.1 Å². The van der Waals surface area contributed by atoms with E-state index in [1.165, 1.54) is 20.3 Å². The van der Waals surface area contributed by atoms with Crippen molar-refractivity contribution in [3.8, 4) is 5.75 Å². The molecule has 1 saturated heterocycles. The smallest absolute Gasteiger partial charge is 0.343 e. The number of ether oxygens (including phenoxy) is 2. The Morgan fingerprint density at radius 3 is 2.51 bits per heavy atom. The van der Waals surface area contributed by atoms with Crippen LogP contribution in [0.25, 0.3) is 0 Å². The zero-order valence-electron chi connectivity index (χ0n) is 21.8. The van der Waals surface area contributed by atoms with Gasteiger partial charge in [0, 0.05) is 19.1 Å². The number of amides is 1. The summed E-state index contributed by atoms with van der Waals surface area (Å²) >= 11 is 0. The molecule has 2 N–H and O–H groups in total. The largest absolute Gasteiger partial charge is 0.495 e. The summed E-state index contributed by atoms with van der Waals surface area (Å²) in [5, 5.41) is 2.91. The number of hydrogen-bond acceptors (Lipinski definition) is 7. The minimum Gasteiger partial charge on any atom is -0.495 e. The molecular weight excluding hydrogens is 501 g/mol. The van der Waals surface area contributed by atoms with Gasteiger partial charge in [-0.05, 0) is 54.3 Å². The van der Waals surface area contributed by atoms with E-state index < -0.39 is 27.7 Å². The highest BCUT2D eigenvalue weighted by atomic mass is 32.2. The summed E-state index contributed by atoms with van der Waals surface area (Å²) in [4.78, 5) is 27.3. The fraction of sp³-hybridized carbons (Fsp3) is 0.462. The van der Waals surface area contributed by atoms with Gasteiger partial charge in [0.1, 0.15) is 17.1 Å². The predicted octanol–water partition coefficient (Wildman–Crippen LogP) is 3.30. The second kappa shape index (κ2) is 11.9. The second-order valence-corrected chi connectivity index (χ2v) is 10.9. The van der Waals surface area contributed by atoms with Crippen LogP contribution in [0.2, 0.25) is 0 Å². The summed E-state index contributed by atoms with van der Waals surface area (Å²) in [5.41, 5.74) is 0.556. The zero-order chi connectivity index (χ0) is 27.3. The number of likely N-dealkylation sites (tertiary alicyclic amines) is 1. The van der Waals surface area contributed by atoms with E-state index in [-0.39, 0.29) is 45.8 Å². The quantitative estimate of drug-likeness (QED) is 0.449. The lowest BCUT2D eigenvalue weighted by atomic mass is 9.98. The number of carbonyl (C=O) groups excluding carboxylic acids is 2. The molecule has 1 aliphatic heterocycles. The number of anilines is 1. The van der Waals surface area contributed by atoms with Gasteiger partial charge in [-0.15, -0.1) is 0 Å². The topological polar surface area (TPSA) is 114 Å². The maximum absolute atomic E-state index is 14.1. The van der Waals surface area contributed by atoms with Crippen molar-refractivity contribution < 1.29 is 31.9 Å². The molecule has 11 heteroatoms. The second-order valence-electron chi connectivity index (χ2n) is 9.24. The van der Waals surface area contributed by atoms with E-state index in [1.807, 2.05) is 20.8 Å². The number of hydrogen-bond donors (Lipinski definition) is 2. The number of methoxy groups -OCH3 is 2. The Kier molecular flexibility index (Phi) is 9.14. The number of nitrogens with one attached hydrogen (secondary N) is 2. The van der Waals surface area contributed by atoms with Crippen LogP contribution in [-0.4, -0.2) is 65.1 Å². The fourth-order valence-electron chi connectivity index (χ4n) is 4.50. The van der Waals surface area contributed by atoms with Crippen molar-refractivity contribution >= 4 is 27.6 Å². The average Bonchev–Trinajstić information content (AvgIpc) is 3.29. The summed E-state index contributed by atoms with van der Waals surface area (Å²) in [7, 11) is -1.77. The summed E-state index contributed by atoms with van der Waals surface area (Å²) in [6.45, 7) is 8.31. The number of nitrogens with zero attached hydrogens (tertiary/aromatic N) is 1. The fourth-order valence-corrected chi connectivity index (χ4v) is 5.79. The number of rotatable bonds is 10. The number of carbonyl (C=O) groups is 2. The highest BCUT2D eigenvalue weighted by Gasteiger charge is 2.28. The summed E-state index contributed by atoms with van der Waals surface area (Å²) in [5.74, 6) is -1.68. The van der Waals surface area contributed by atoms with Gasteiger partial charge < -0.3 is 19.7 Å². The first kappa shape index (κ1) is 28.4. The minimum atomic E-state index is -4.34. The molecule has 1 fully saturated rings. The van der Waals surface area contributed by atoms with E-state index in [1.54, 1.807) is 6.07 Å². The van der Waals surface area contributed by atoms with Crippen molar-refractivity contribution in [3.05, 3.63) is 52.8 Å². The third kappa shape index (κ3) is 6.58. The molecule has 1 amide bonds. The Morgan fingerprint density at radius 1 is 1.19 bits per heavy atom. The van der Waals surface area contributed by atoms with Crippen LogP contribution in [0.5, 0.6) is 5.75 Å². The molecule has 0 radical (unpaired) electrons. The molecule has 37 heavy (non-hydrogen) atoms. The Labute approximate surface area is 217 Å². The van der Waals surface area contributed by atoms with Gasteiger partial charge in [0.2, 0.25) is 5.91 Å². The molecule has 2 aromatic carbocycles. The highest BCUT2D eigenvalue weighted by molar-refractivity contribution is 7.92. The zero-order valence-corrected chi connectivity index (χ0v) is 22.6. The minimum absolute atomic E-state index is 0.000674. The monoisotopic (exact) mass is 535 g/mol. The molecule has 0 bridgehead atoms. The van der Waals surface area contributed by atoms with E-state index in [9.17, 15) is 22.4 Å². The van der Waals surface area contributed by atoms with Crippen LogP contribution in [-0.2, 0) is 26.0 Å². The Morgan fingerprint density at radius 2 is 1.92 bits per heavy atom. The van der Waals surface area contributed by atoms with Gasteiger partial charge in [-0.1, -0.05) is 26.8 Å². The van der Waals surface area contributed by atoms with Gasteiger partial charge in [-0.3, -0.25) is 9.52 Å². The third-order valence-electron chi connectivity index (χ3n) is 6.40.